The maximum Gasteiger partial charge on any atom is 0.318 e. The van der Waals surface area contributed by atoms with Gasteiger partial charge in [0.25, 0.3) is 0 Å². The van der Waals surface area contributed by atoms with Gasteiger partial charge >= 0.3 is 5.97 Å². The Morgan fingerprint density at radius 3 is 2.65 bits per heavy atom. The Kier molecular flexibility index (Phi) is 5.19. The predicted molar refractivity (Wildman–Crippen MR) is 67.8 cm³/mol. The molecule has 0 unspecified atom stereocenters. The summed E-state index contributed by atoms with van der Waals surface area (Å²) in [5, 5.41) is 17.5. The van der Waals surface area contributed by atoms with Crippen LogP contribution in [0.5, 0.6) is 0 Å². The van der Waals surface area contributed by atoms with Crippen LogP contribution in [0.15, 0.2) is 23.1 Å². The summed E-state index contributed by atoms with van der Waals surface area (Å²) in [6.45, 7) is 1.04. The molecule has 0 fully saturated rings. The second-order valence-corrected chi connectivity index (χ2v) is 5.92. The lowest BCUT2D eigenvalue weighted by Gasteiger charge is -2.19. The Bertz CT molecular complexity index is 652. The molecule has 0 spiro atoms. The predicted octanol–water partition coefficient (Wildman–Crippen LogP) is 1.18. The monoisotopic (exact) mass is 300 g/mol. The van der Waals surface area contributed by atoms with Crippen LogP contribution in [-0.2, 0) is 14.8 Å². The minimum atomic E-state index is -4.07. The molecule has 20 heavy (non-hydrogen) atoms. The van der Waals surface area contributed by atoms with Gasteiger partial charge in [-0.1, -0.05) is 6.92 Å². The zero-order valence-electron chi connectivity index (χ0n) is 10.7. The molecule has 0 aliphatic rings. The van der Waals surface area contributed by atoms with E-state index < -0.39 is 33.9 Å². The van der Waals surface area contributed by atoms with Crippen LogP contribution in [0.1, 0.15) is 18.9 Å². The Morgan fingerprint density at radius 1 is 1.50 bits per heavy atom. The van der Waals surface area contributed by atoms with Crippen molar-refractivity contribution in [2.24, 2.45) is 0 Å². The summed E-state index contributed by atoms with van der Waals surface area (Å²) in [6.07, 6.45) is 0.429. The second-order valence-electron chi connectivity index (χ2n) is 3.99. The first-order valence-electron chi connectivity index (χ1n) is 5.74. The lowest BCUT2D eigenvalue weighted by atomic mass is 10.2. The minimum absolute atomic E-state index is 0.0217. The van der Waals surface area contributed by atoms with E-state index in [4.69, 9.17) is 10.4 Å². The Morgan fingerprint density at radius 2 is 2.15 bits per heavy atom. The lowest BCUT2D eigenvalue weighted by Crippen LogP contribution is -2.36. The molecule has 0 aromatic heterocycles. The molecule has 0 atom stereocenters. The minimum Gasteiger partial charge on any atom is -0.480 e. The van der Waals surface area contributed by atoms with Crippen molar-refractivity contribution in [3.05, 3.63) is 29.6 Å². The van der Waals surface area contributed by atoms with E-state index in [2.05, 4.69) is 0 Å². The summed E-state index contributed by atoms with van der Waals surface area (Å²) < 4.78 is 38.5. The number of hydrogen-bond acceptors (Lipinski definition) is 4. The van der Waals surface area contributed by atoms with E-state index in [1.165, 1.54) is 0 Å². The van der Waals surface area contributed by atoms with E-state index in [9.17, 15) is 17.6 Å². The van der Waals surface area contributed by atoms with Crippen molar-refractivity contribution in [3.63, 3.8) is 0 Å². The number of carboxylic acids is 1. The van der Waals surface area contributed by atoms with Crippen LogP contribution < -0.4 is 0 Å². The first-order valence-corrected chi connectivity index (χ1v) is 7.18. The number of carboxylic acid groups (broad SMARTS) is 1. The van der Waals surface area contributed by atoms with E-state index in [0.717, 1.165) is 22.5 Å². The van der Waals surface area contributed by atoms with Crippen LogP contribution in [0, 0.1) is 17.1 Å². The van der Waals surface area contributed by atoms with E-state index in [1.54, 1.807) is 13.0 Å². The van der Waals surface area contributed by atoms with Gasteiger partial charge in [-0.15, -0.1) is 0 Å². The van der Waals surface area contributed by atoms with Crippen LogP contribution in [0.2, 0.25) is 0 Å². The SMILES string of the molecule is CCCN(CC(=O)O)S(=O)(=O)c1ccc(F)c(C#N)c1. The smallest absolute Gasteiger partial charge is 0.318 e. The standard InChI is InChI=1S/C12H13FN2O4S/c1-2-5-15(8-12(16)17)20(18,19)10-3-4-11(13)9(6-10)7-14/h3-4,6H,2,5,8H2,1H3,(H,16,17). The van der Waals surface area contributed by atoms with Gasteiger partial charge in [0.05, 0.1) is 10.5 Å². The average Bonchev–Trinajstić information content (AvgIpc) is 2.38. The van der Waals surface area contributed by atoms with Gasteiger partial charge in [0, 0.05) is 6.54 Å². The molecule has 1 aromatic rings. The van der Waals surface area contributed by atoms with Crippen LogP contribution in [0.25, 0.3) is 0 Å². The maximum absolute atomic E-state index is 13.2. The third kappa shape index (κ3) is 3.53. The number of nitriles is 1. The second kappa shape index (κ2) is 6.45. The van der Waals surface area contributed by atoms with Crippen LogP contribution in [-0.4, -0.2) is 36.9 Å². The molecular weight excluding hydrogens is 287 g/mol. The van der Waals surface area contributed by atoms with Crippen LogP contribution in [0.4, 0.5) is 4.39 Å². The number of hydrogen-bond donors (Lipinski definition) is 1. The van der Waals surface area contributed by atoms with Gasteiger partial charge in [-0.3, -0.25) is 4.79 Å². The zero-order chi connectivity index (χ0) is 15.3. The fourth-order valence-electron chi connectivity index (χ4n) is 1.58. The summed E-state index contributed by atoms with van der Waals surface area (Å²) in [5.74, 6) is -2.11. The number of rotatable bonds is 6. The van der Waals surface area contributed by atoms with E-state index in [0.29, 0.717) is 6.42 Å². The van der Waals surface area contributed by atoms with Gasteiger partial charge < -0.3 is 5.11 Å². The molecule has 1 rings (SSSR count). The normalized spacial score (nSPS) is 11.3. The number of sulfonamides is 1. The fourth-order valence-corrected chi connectivity index (χ4v) is 3.09. The summed E-state index contributed by atoms with van der Waals surface area (Å²) >= 11 is 0. The molecule has 0 aliphatic heterocycles. The summed E-state index contributed by atoms with van der Waals surface area (Å²) in [7, 11) is -4.07. The highest BCUT2D eigenvalue weighted by molar-refractivity contribution is 7.89. The van der Waals surface area contributed by atoms with Gasteiger partial charge in [0.15, 0.2) is 0 Å². The Balaban J connectivity index is 3.26. The van der Waals surface area contributed by atoms with Crippen molar-refractivity contribution in [3.8, 4) is 6.07 Å². The number of aliphatic carboxylic acids is 1. The van der Waals surface area contributed by atoms with Gasteiger partial charge in [-0.25, -0.2) is 12.8 Å². The fraction of sp³-hybridized carbons (Fsp3) is 0.333. The molecule has 8 heteroatoms. The summed E-state index contributed by atoms with van der Waals surface area (Å²) in [5.41, 5.74) is -0.405. The number of benzene rings is 1. The molecule has 1 N–H and O–H groups in total. The first kappa shape index (κ1) is 16.1. The van der Waals surface area contributed by atoms with E-state index in [-0.39, 0.29) is 11.4 Å². The van der Waals surface area contributed by atoms with Gasteiger partial charge in [0.1, 0.15) is 18.4 Å². The van der Waals surface area contributed by atoms with Gasteiger partial charge in [-0.05, 0) is 24.6 Å². The molecular formula is C12H13FN2O4S. The topological polar surface area (TPSA) is 98.5 Å². The first-order chi connectivity index (χ1) is 9.32. The quantitative estimate of drug-likeness (QED) is 0.850. The molecule has 0 saturated heterocycles. The Hall–Kier alpha value is -1.98. The van der Waals surface area contributed by atoms with Gasteiger partial charge in [0.2, 0.25) is 10.0 Å². The van der Waals surface area contributed by atoms with E-state index >= 15 is 0 Å². The molecule has 0 radical (unpaired) electrons. The summed E-state index contributed by atoms with van der Waals surface area (Å²) in [6, 6.07) is 4.32. The molecule has 6 nitrogen and oxygen atoms in total. The number of halogens is 1. The third-order valence-corrected chi connectivity index (χ3v) is 4.32. The van der Waals surface area contributed by atoms with Gasteiger partial charge in [-0.2, -0.15) is 9.57 Å². The molecule has 108 valence electrons. The van der Waals surface area contributed by atoms with E-state index in [1.807, 2.05) is 0 Å². The highest BCUT2D eigenvalue weighted by atomic mass is 32.2. The van der Waals surface area contributed by atoms with Crippen LogP contribution in [0.3, 0.4) is 0 Å². The van der Waals surface area contributed by atoms with Crippen molar-refractivity contribution < 1.29 is 22.7 Å². The molecule has 0 aliphatic carbocycles. The number of carbonyl (C=O) groups is 1. The molecule has 0 heterocycles. The largest absolute Gasteiger partial charge is 0.480 e. The van der Waals surface area contributed by atoms with Crippen molar-refractivity contribution in [2.75, 3.05) is 13.1 Å². The molecule has 0 amide bonds. The maximum atomic E-state index is 13.2. The highest BCUT2D eigenvalue weighted by Gasteiger charge is 2.26. The van der Waals surface area contributed by atoms with Crippen molar-refractivity contribution in [1.82, 2.24) is 4.31 Å². The zero-order valence-corrected chi connectivity index (χ0v) is 11.5. The molecule has 0 bridgehead atoms. The third-order valence-electron chi connectivity index (χ3n) is 2.48. The van der Waals surface area contributed by atoms with Crippen molar-refractivity contribution in [1.29, 1.82) is 5.26 Å². The summed E-state index contributed by atoms with van der Waals surface area (Å²) in [4.78, 5) is 10.4. The lowest BCUT2D eigenvalue weighted by molar-refractivity contribution is -0.137. The molecule has 1 aromatic carbocycles. The van der Waals surface area contributed by atoms with Crippen molar-refractivity contribution >= 4 is 16.0 Å². The Labute approximate surface area is 116 Å². The highest BCUT2D eigenvalue weighted by Crippen LogP contribution is 2.19. The number of nitrogens with zero attached hydrogens (tertiary/aromatic N) is 2. The average molecular weight is 300 g/mol. The van der Waals surface area contributed by atoms with Crippen molar-refractivity contribution in [2.45, 2.75) is 18.2 Å². The molecule has 0 saturated carbocycles. The van der Waals surface area contributed by atoms with Crippen LogP contribution >= 0.6 is 0 Å².